The van der Waals surface area contributed by atoms with Gasteiger partial charge in [0.2, 0.25) is 5.95 Å². The molecule has 2 N–H and O–H groups in total. The van der Waals surface area contributed by atoms with Crippen LogP contribution < -0.4 is 5.32 Å². The summed E-state index contributed by atoms with van der Waals surface area (Å²) in [5.74, 6) is 0.939. The van der Waals surface area contributed by atoms with E-state index in [-0.39, 0.29) is 0 Å². The normalized spacial score (nSPS) is 17.2. The molecule has 1 saturated carbocycles. The van der Waals surface area contributed by atoms with Gasteiger partial charge < -0.3 is 15.3 Å². The van der Waals surface area contributed by atoms with Crippen LogP contribution >= 0.6 is 0 Å². The van der Waals surface area contributed by atoms with Gasteiger partial charge in [0.15, 0.2) is 0 Å². The molecule has 1 aliphatic carbocycles. The zero-order valence-corrected chi connectivity index (χ0v) is 20.0. The van der Waals surface area contributed by atoms with E-state index in [0.29, 0.717) is 17.7 Å². The summed E-state index contributed by atoms with van der Waals surface area (Å²) in [5, 5.41) is 12.8. The van der Waals surface area contributed by atoms with Crippen LogP contribution in [0.5, 0.6) is 5.75 Å². The Hall–Kier alpha value is -2.96. The van der Waals surface area contributed by atoms with Crippen molar-refractivity contribution in [2.75, 3.05) is 32.0 Å². The average Bonchev–Trinajstić information content (AvgIpc) is 3.70. The molecule has 0 spiro atoms. The molecule has 1 aromatic heterocycles. The van der Waals surface area contributed by atoms with Crippen molar-refractivity contribution in [3.05, 3.63) is 71.9 Å². The highest BCUT2D eigenvalue weighted by atomic mass is 16.3. The Balaban J connectivity index is 1.23. The molecule has 1 aliphatic heterocycles. The van der Waals surface area contributed by atoms with Crippen LogP contribution in [0.1, 0.15) is 36.8 Å². The minimum atomic E-state index is 0.293. The van der Waals surface area contributed by atoms with Crippen LogP contribution in [0.15, 0.2) is 60.8 Å². The minimum absolute atomic E-state index is 0.293. The van der Waals surface area contributed by atoms with Crippen molar-refractivity contribution in [1.29, 1.82) is 0 Å². The number of aromatic hydroxyl groups is 1. The topological polar surface area (TPSA) is 64.5 Å². The van der Waals surface area contributed by atoms with Crippen molar-refractivity contribution in [1.82, 2.24) is 19.8 Å². The first-order chi connectivity index (χ1) is 16.6. The molecule has 0 bridgehead atoms. The molecule has 0 radical (unpaired) electrons. The van der Waals surface area contributed by atoms with Crippen molar-refractivity contribution < 1.29 is 5.11 Å². The SMILES string of the molecule is CN1CCC(N(Cc2cccc(-c3ccnc(NCCc4ccc(O)cc4)n3)c2)C2CC2)CC1. The number of likely N-dealkylation sites (tertiary alicyclic amines) is 1. The largest absolute Gasteiger partial charge is 0.508 e. The van der Waals surface area contributed by atoms with Gasteiger partial charge in [-0.2, -0.15) is 0 Å². The number of benzene rings is 2. The first kappa shape index (κ1) is 22.8. The third kappa shape index (κ3) is 5.93. The number of aromatic nitrogens is 2. The maximum Gasteiger partial charge on any atom is 0.223 e. The molecule has 1 saturated heterocycles. The highest BCUT2D eigenvalue weighted by Gasteiger charge is 2.35. The predicted molar refractivity (Wildman–Crippen MR) is 137 cm³/mol. The maximum atomic E-state index is 9.43. The lowest BCUT2D eigenvalue weighted by Gasteiger charge is -2.37. The Morgan fingerprint density at radius 1 is 0.971 bits per heavy atom. The van der Waals surface area contributed by atoms with E-state index >= 15 is 0 Å². The average molecular weight is 458 g/mol. The van der Waals surface area contributed by atoms with Gasteiger partial charge in [0, 0.05) is 36.9 Å². The van der Waals surface area contributed by atoms with Gasteiger partial charge in [0.25, 0.3) is 0 Å². The molecule has 2 heterocycles. The smallest absolute Gasteiger partial charge is 0.223 e. The zero-order valence-electron chi connectivity index (χ0n) is 20.0. The number of hydrogen-bond donors (Lipinski definition) is 2. The molecule has 2 fully saturated rings. The highest BCUT2D eigenvalue weighted by Crippen LogP contribution is 2.33. The van der Waals surface area contributed by atoms with E-state index in [0.717, 1.165) is 36.8 Å². The molecule has 2 aromatic carbocycles. The van der Waals surface area contributed by atoms with E-state index in [1.807, 2.05) is 24.4 Å². The van der Waals surface area contributed by atoms with Crippen molar-refractivity contribution in [2.24, 2.45) is 0 Å². The van der Waals surface area contributed by atoms with Crippen molar-refractivity contribution >= 4 is 5.95 Å². The Morgan fingerprint density at radius 3 is 2.50 bits per heavy atom. The number of nitrogens with zero attached hydrogens (tertiary/aromatic N) is 4. The molecule has 6 nitrogen and oxygen atoms in total. The molecule has 3 aromatic rings. The Labute approximate surface area is 202 Å². The van der Waals surface area contributed by atoms with Crippen LogP contribution in [-0.2, 0) is 13.0 Å². The third-order valence-corrected chi connectivity index (χ3v) is 7.05. The molecule has 2 aliphatic rings. The lowest BCUT2D eigenvalue weighted by Crippen LogP contribution is -2.44. The summed E-state index contributed by atoms with van der Waals surface area (Å²) in [6, 6.07) is 19.6. The van der Waals surface area contributed by atoms with Gasteiger partial charge in [-0.1, -0.05) is 30.3 Å². The predicted octanol–water partition coefficient (Wildman–Crippen LogP) is 4.56. The number of phenolic OH excluding ortho intramolecular Hbond substituents is 1. The summed E-state index contributed by atoms with van der Waals surface area (Å²) in [5.41, 5.74) is 4.62. The monoisotopic (exact) mass is 457 g/mol. The van der Waals surface area contributed by atoms with Crippen LogP contribution in [0, 0.1) is 0 Å². The van der Waals surface area contributed by atoms with Gasteiger partial charge in [0.1, 0.15) is 5.75 Å². The quantitative estimate of drug-likeness (QED) is 0.491. The third-order valence-electron chi connectivity index (χ3n) is 7.05. The van der Waals surface area contributed by atoms with Crippen molar-refractivity contribution in [2.45, 2.75) is 50.7 Å². The van der Waals surface area contributed by atoms with Gasteiger partial charge in [-0.3, -0.25) is 4.90 Å². The summed E-state index contributed by atoms with van der Waals surface area (Å²) in [4.78, 5) is 14.4. The molecule has 178 valence electrons. The molecular formula is C28H35N5O. The van der Waals surface area contributed by atoms with Gasteiger partial charge >= 0.3 is 0 Å². The summed E-state index contributed by atoms with van der Waals surface area (Å²) in [7, 11) is 2.24. The first-order valence-corrected chi connectivity index (χ1v) is 12.5. The van der Waals surface area contributed by atoms with E-state index in [2.05, 4.69) is 51.4 Å². The Kier molecular flexibility index (Phi) is 7.07. The van der Waals surface area contributed by atoms with E-state index in [4.69, 9.17) is 4.98 Å². The molecular weight excluding hydrogens is 422 g/mol. The zero-order chi connectivity index (χ0) is 23.3. The molecule has 0 amide bonds. The minimum Gasteiger partial charge on any atom is -0.508 e. The maximum absolute atomic E-state index is 9.43. The summed E-state index contributed by atoms with van der Waals surface area (Å²) < 4.78 is 0. The van der Waals surface area contributed by atoms with Crippen molar-refractivity contribution in [3.63, 3.8) is 0 Å². The number of nitrogens with one attached hydrogen (secondary N) is 1. The second-order valence-electron chi connectivity index (χ2n) is 9.75. The fourth-order valence-corrected chi connectivity index (χ4v) is 4.91. The van der Waals surface area contributed by atoms with Crippen LogP contribution in [0.3, 0.4) is 0 Å². The highest BCUT2D eigenvalue weighted by molar-refractivity contribution is 5.61. The van der Waals surface area contributed by atoms with E-state index < -0.39 is 0 Å². The van der Waals surface area contributed by atoms with Crippen LogP contribution in [0.25, 0.3) is 11.3 Å². The van der Waals surface area contributed by atoms with E-state index in [9.17, 15) is 5.11 Å². The second-order valence-corrected chi connectivity index (χ2v) is 9.75. The van der Waals surface area contributed by atoms with E-state index in [1.165, 1.54) is 49.9 Å². The van der Waals surface area contributed by atoms with Gasteiger partial charge in [-0.15, -0.1) is 0 Å². The standard InChI is InChI=1S/C28H35N5O/c1-32-17-13-25(14-18-32)33(24-7-8-24)20-22-3-2-4-23(19-22)27-12-16-30-28(31-27)29-15-11-21-5-9-26(34)10-6-21/h2-6,9-10,12,16,19,24-25,34H,7-8,11,13-15,17-18,20H2,1H3,(H,29,30,31). The van der Waals surface area contributed by atoms with Gasteiger partial charge in [0.05, 0.1) is 5.69 Å². The lowest BCUT2D eigenvalue weighted by atomic mass is 10.0. The lowest BCUT2D eigenvalue weighted by molar-refractivity contribution is 0.107. The molecule has 0 unspecified atom stereocenters. The van der Waals surface area contributed by atoms with E-state index in [1.54, 1.807) is 12.1 Å². The summed E-state index contributed by atoms with van der Waals surface area (Å²) >= 11 is 0. The second kappa shape index (κ2) is 10.5. The van der Waals surface area contributed by atoms with Crippen LogP contribution in [0.2, 0.25) is 0 Å². The fourth-order valence-electron chi connectivity index (χ4n) is 4.91. The van der Waals surface area contributed by atoms with Gasteiger partial charge in [-0.05, 0) is 87.6 Å². The van der Waals surface area contributed by atoms with Crippen LogP contribution in [-0.4, -0.2) is 63.6 Å². The number of anilines is 1. The number of phenols is 1. The molecule has 0 atom stereocenters. The summed E-state index contributed by atoms with van der Waals surface area (Å²) in [6.07, 6.45) is 7.91. The van der Waals surface area contributed by atoms with Crippen LogP contribution in [0.4, 0.5) is 5.95 Å². The molecule has 34 heavy (non-hydrogen) atoms. The number of rotatable bonds is 9. The first-order valence-electron chi connectivity index (χ1n) is 12.5. The Bertz CT molecular complexity index is 1070. The van der Waals surface area contributed by atoms with Crippen molar-refractivity contribution in [3.8, 4) is 17.0 Å². The number of piperidine rings is 1. The fraction of sp³-hybridized carbons (Fsp3) is 0.429. The molecule has 6 heteroatoms. The summed E-state index contributed by atoms with van der Waals surface area (Å²) in [6.45, 7) is 4.17. The molecule has 5 rings (SSSR count). The number of hydrogen-bond acceptors (Lipinski definition) is 6. The Morgan fingerprint density at radius 2 is 1.74 bits per heavy atom. The van der Waals surface area contributed by atoms with Gasteiger partial charge in [-0.25, -0.2) is 9.97 Å².